The number of rotatable bonds is 11. The lowest BCUT2D eigenvalue weighted by atomic mass is 9.98. The third kappa shape index (κ3) is 5.08. The van der Waals surface area contributed by atoms with Crippen molar-refractivity contribution in [1.29, 1.82) is 0 Å². The Kier molecular flexibility index (Phi) is 8.07. The van der Waals surface area contributed by atoms with Gasteiger partial charge in [-0.15, -0.1) is 11.8 Å². The van der Waals surface area contributed by atoms with Crippen molar-refractivity contribution in [2.24, 2.45) is 5.16 Å². The van der Waals surface area contributed by atoms with Crippen LogP contribution in [0.25, 0.3) is 0 Å². The van der Waals surface area contributed by atoms with Gasteiger partial charge in [0.05, 0.1) is 6.26 Å². The van der Waals surface area contributed by atoms with Gasteiger partial charge in [-0.1, -0.05) is 19.0 Å². The SMILES string of the molecule is CCC(CC)(ON=C(C(=O)N[C@@H]1C(=O)N2C(C(=O)O)=C(COC(C)=O)CS[C@H]12)c1ccco1)C(=O)O. The minimum atomic E-state index is -1.67. The summed E-state index contributed by atoms with van der Waals surface area (Å²) in [5, 5.41) is 24.8. The van der Waals surface area contributed by atoms with E-state index in [1.54, 1.807) is 13.8 Å². The lowest BCUT2D eigenvalue weighted by Gasteiger charge is -2.49. The van der Waals surface area contributed by atoms with Gasteiger partial charge in [-0.25, -0.2) is 9.59 Å². The first-order valence-corrected chi connectivity index (χ1v) is 12.0. The molecule has 0 radical (unpaired) electrons. The first-order valence-electron chi connectivity index (χ1n) is 10.9. The number of carboxylic acids is 2. The van der Waals surface area contributed by atoms with Crippen molar-refractivity contribution < 1.29 is 48.2 Å². The van der Waals surface area contributed by atoms with E-state index < -0.39 is 46.7 Å². The molecule has 13 nitrogen and oxygen atoms in total. The van der Waals surface area contributed by atoms with Gasteiger partial charge in [0.1, 0.15) is 23.7 Å². The normalized spacial score (nSPS) is 19.8. The molecule has 194 valence electrons. The summed E-state index contributed by atoms with van der Waals surface area (Å²) in [6.45, 7) is 4.11. The molecule has 1 saturated heterocycles. The molecule has 0 aromatic carbocycles. The third-order valence-corrected chi connectivity index (χ3v) is 7.14. The summed E-state index contributed by atoms with van der Waals surface area (Å²) in [5.41, 5.74) is -2.09. The second kappa shape index (κ2) is 10.8. The van der Waals surface area contributed by atoms with E-state index in [1.165, 1.54) is 37.1 Å². The maximum absolute atomic E-state index is 13.1. The van der Waals surface area contributed by atoms with E-state index in [0.717, 1.165) is 4.90 Å². The van der Waals surface area contributed by atoms with E-state index in [4.69, 9.17) is 14.0 Å². The third-order valence-electron chi connectivity index (χ3n) is 5.80. The minimum absolute atomic E-state index is 0.0197. The van der Waals surface area contributed by atoms with Crippen molar-refractivity contribution in [3.63, 3.8) is 0 Å². The van der Waals surface area contributed by atoms with Crippen LogP contribution in [0.5, 0.6) is 0 Å². The molecule has 3 rings (SSSR count). The van der Waals surface area contributed by atoms with Crippen LogP contribution in [0.2, 0.25) is 0 Å². The van der Waals surface area contributed by atoms with Gasteiger partial charge in [-0.3, -0.25) is 19.3 Å². The van der Waals surface area contributed by atoms with Gasteiger partial charge < -0.3 is 29.5 Å². The zero-order valence-corrected chi connectivity index (χ0v) is 20.5. The number of amides is 2. The Morgan fingerprint density at radius 1 is 1.28 bits per heavy atom. The molecule has 2 atom stereocenters. The molecule has 2 amide bonds. The summed E-state index contributed by atoms with van der Waals surface area (Å²) in [5.74, 6) is -4.63. The number of furan rings is 1. The predicted octanol–water partition coefficient (Wildman–Crippen LogP) is 0.945. The number of thioether (sulfide) groups is 1. The number of carbonyl (C=O) groups excluding carboxylic acids is 3. The van der Waals surface area contributed by atoms with Crippen molar-refractivity contribution in [2.75, 3.05) is 12.4 Å². The average Bonchev–Trinajstić information content (AvgIpc) is 3.37. The molecule has 0 saturated carbocycles. The van der Waals surface area contributed by atoms with E-state index in [1.807, 2.05) is 0 Å². The van der Waals surface area contributed by atoms with Crippen LogP contribution >= 0.6 is 11.8 Å². The van der Waals surface area contributed by atoms with Gasteiger partial charge in [0, 0.05) is 18.2 Å². The second-order valence-corrected chi connectivity index (χ2v) is 9.02. The smallest absolute Gasteiger partial charge is 0.352 e. The number of oxime groups is 1. The van der Waals surface area contributed by atoms with Gasteiger partial charge in [0.15, 0.2) is 5.76 Å². The Labute approximate surface area is 209 Å². The van der Waals surface area contributed by atoms with Gasteiger partial charge in [0.25, 0.3) is 11.8 Å². The fourth-order valence-corrected chi connectivity index (χ4v) is 4.99. The van der Waals surface area contributed by atoms with Crippen LogP contribution in [0.15, 0.2) is 39.2 Å². The summed E-state index contributed by atoms with van der Waals surface area (Å²) in [6.07, 6.45) is 1.43. The molecule has 3 N–H and O–H groups in total. The van der Waals surface area contributed by atoms with E-state index in [2.05, 4.69) is 10.5 Å². The highest BCUT2D eigenvalue weighted by Gasteiger charge is 2.54. The molecule has 36 heavy (non-hydrogen) atoms. The topological polar surface area (TPSA) is 185 Å². The van der Waals surface area contributed by atoms with Gasteiger partial charge in [-0.2, -0.15) is 0 Å². The number of carbonyl (C=O) groups is 5. The highest BCUT2D eigenvalue weighted by atomic mass is 32.2. The van der Waals surface area contributed by atoms with E-state index in [0.29, 0.717) is 0 Å². The number of carboxylic acid groups (broad SMARTS) is 2. The molecule has 0 unspecified atom stereocenters. The van der Waals surface area contributed by atoms with Crippen molar-refractivity contribution in [1.82, 2.24) is 10.2 Å². The van der Waals surface area contributed by atoms with Gasteiger partial charge in [0.2, 0.25) is 11.3 Å². The second-order valence-electron chi connectivity index (χ2n) is 7.91. The summed E-state index contributed by atoms with van der Waals surface area (Å²) >= 11 is 1.19. The van der Waals surface area contributed by atoms with Crippen LogP contribution in [-0.2, 0) is 33.5 Å². The van der Waals surface area contributed by atoms with E-state index in [-0.39, 0.29) is 47.9 Å². The summed E-state index contributed by atoms with van der Waals surface area (Å²) in [4.78, 5) is 67.0. The Morgan fingerprint density at radius 2 is 1.97 bits per heavy atom. The molecule has 1 aromatic heterocycles. The Morgan fingerprint density at radius 3 is 2.50 bits per heavy atom. The predicted molar refractivity (Wildman–Crippen MR) is 124 cm³/mol. The standard InChI is InChI=1S/C22H25N3O10S/c1-4-22(5-2,21(31)32)35-24-14(13-7-6-8-33-13)17(27)23-15-18(28)25-16(20(29)30)12(9-34-11(3)26)10-36-19(15)25/h6-8,15,19H,4-5,9-10H2,1-3H3,(H,23,27)(H,29,30)(H,31,32)/t15-,19-/m1/s1. The minimum Gasteiger partial charge on any atom is -0.478 e. The van der Waals surface area contributed by atoms with Crippen LogP contribution in [0.3, 0.4) is 0 Å². The zero-order valence-electron chi connectivity index (χ0n) is 19.7. The number of fused-ring (bicyclic) bond motifs is 1. The highest BCUT2D eigenvalue weighted by Crippen LogP contribution is 2.40. The Hall–Kier alpha value is -3.81. The quantitative estimate of drug-likeness (QED) is 0.162. The lowest BCUT2D eigenvalue weighted by Crippen LogP contribution is -2.71. The molecule has 3 heterocycles. The van der Waals surface area contributed by atoms with Crippen LogP contribution in [0.4, 0.5) is 0 Å². The number of hydrogen-bond donors (Lipinski definition) is 3. The molecule has 1 aromatic rings. The Bertz CT molecular complexity index is 1120. The van der Waals surface area contributed by atoms with Crippen molar-refractivity contribution in [3.8, 4) is 0 Å². The Balaban J connectivity index is 1.82. The van der Waals surface area contributed by atoms with Crippen LogP contribution in [0, 0.1) is 0 Å². The maximum atomic E-state index is 13.1. The number of ether oxygens (including phenoxy) is 1. The number of nitrogens with one attached hydrogen (secondary N) is 1. The first-order chi connectivity index (χ1) is 17.1. The molecule has 2 aliphatic heterocycles. The van der Waals surface area contributed by atoms with Gasteiger partial charge in [-0.05, 0) is 25.0 Å². The molecule has 0 spiro atoms. The van der Waals surface area contributed by atoms with Gasteiger partial charge >= 0.3 is 17.9 Å². The maximum Gasteiger partial charge on any atom is 0.352 e. The molecule has 0 bridgehead atoms. The van der Waals surface area contributed by atoms with Crippen molar-refractivity contribution in [2.45, 2.75) is 50.6 Å². The molecule has 0 aliphatic carbocycles. The number of hydrogen-bond acceptors (Lipinski definition) is 10. The lowest BCUT2D eigenvalue weighted by molar-refractivity contribution is -0.167. The summed E-state index contributed by atoms with van der Waals surface area (Å²) in [6, 6.07) is 1.82. The van der Waals surface area contributed by atoms with E-state index >= 15 is 0 Å². The molecule has 1 fully saturated rings. The number of nitrogens with zero attached hydrogens (tertiary/aromatic N) is 2. The summed E-state index contributed by atoms with van der Waals surface area (Å²) in [7, 11) is 0. The fourth-order valence-electron chi connectivity index (χ4n) is 3.66. The van der Waals surface area contributed by atoms with Crippen molar-refractivity contribution in [3.05, 3.63) is 35.4 Å². The van der Waals surface area contributed by atoms with Crippen LogP contribution < -0.4 is 5.32 Å². The first kappa shape index (κ1) is 26.8. The number of esters is 1. The zero-order chi connectivity index (χ0) is 26.6. The molecular formula is C22H25N3O10S. The van der Waals surface area contributed by atoms with E-state index in [9.17, 15) is 34.2 Å². The average molecular weight is 524 g/mol. The van der Waals surface area contributed by atoms with Crippen LogP contribution in [0.1, 0.15) is 39.4 Å². The molecular weight excluding hydrogens is 498 g/mol. The summed E-state index contributed by atoms with van der Waals surface area (Å²) < 4.78 is 10.1. The fraction of sp³-hybridized carbons (Fsp3) is 0.455. The largest absolute Gasteiger partial charge is 0.478 e. The van der Waals surface area contributed by atoms with Crippen LogP contribution in [-0.4, -0.2) is 79.9 Å². The molecule has 2 aliphatic rings. The van der Waals surface area contributed by atoms with Crippen molar-refractivity contribution >= 4 is 47.2 Å². The monoisotopic (exact) mass is 523 g/mol. The highest BCUT2D eigenvalue weighted by molar-refractivity contribution is 8.00. The number of aliphatic carboxylic acids is 2. The molecule has 14 heteroatoms. The number of β-lactam (4-membered cyclic amide) rings is 1.